The minimum atomic E-state index is -0.493. The minimum Gasteiger partial charge on any atom is -0.341 e. The molecule has 2 aliphatic heterocycles. The summed E-state index contributed by atoms with van der Waals surface area (Å²) in [5.41, 5.74) is 0. The van der Waals surface area contributed by atoms with Crippen molar-refractivity contribution in [3.05, 3.63) is 22.4 Å². The van der Waals surface area contributed by atoms with Gasteiger partial charge in [0.2, 0.25) is 5.91 Å². The van der Waals surface area contributed by atoms with E-state index in [0.29, 0.717) is 17.0 Å². The van der Waals surface area contributed by atoms with E-state index >= 15 is 0 Å². The van der Waals surface area contributed by atoms with Crippen molar-refractivity contribution < 1.29 is 9.59 Å². The van der Waals surface area contributed by atoms with Gasteiger partial charge >= 0.3 is 0 Å². The maximum atomic E-state index is 12.6. The molecule has 0 aliphatic carbocycles. The molecule has 3 unspecified atom stereocenters. The monoisotopic (exact) mass is 321 g/mol. The number of carbonyl (C=O) groups is 2. The zero-order valence-electron chi connectivity index (χ0n) is 13.0. The molecule has 22 heavy (non-hydrogen) atoms. The first-order valence-corrected chi connectivity index (χ1v) is 8.79. The van der Waals surface area contributed by atoms with Gasteiger partial charge < -0.3 is 15.5 Å². The molecule has 6 heteroatoms. The second-order valence-corrected chi connectivity index (χ2v) is 7.33. The number of fused-ring (bicyclic) bond motifs is 2. The first-order chi connectivity index (χ1) is 10.5. The maximum Gasteiger partial charge on any atom is 0.261 e. The van der Waals surface area contributed by atoms with Crippen molar-refractivity contribution in [1.82, 2.24) is 15.5 Å². The molecule has 3 rings (SSSR count). The third-order valence-corrected chi connectivity index (χ3v) is 5.68. The van der Waals surface area contributed by atoms with Crippen LogP contribution in [0.25, 0.3) is 0 Å². The van der Waals surface area contributed by atoms with E-state index in [1.54, 1.807) is 13.0 Å². The fraction of sp³-hybridized carbons (Fsp3) is 0.625. The molecule has 5 nitrogen and oxygen atoms in total. The van der Waals surface area contributed by atoms with E-state index in [0.717, 1.165) is 12.8 Å². The fourth-order valence-corrected chi connectivity index (χ4v) is 4.19. The van der Waals surface area contributed by atoms with Gasteiger partial charge in [0.05, 0.1) is 4.88 Å². The summed E-state index contributed by atoms with van der Waals surface area (Å²) < 4.78 is 0. The van der Waals surface area contributed by atoms with Gasteiger partial charge in [0.15, 0.2) is 0 Å². The molecule has 1 aromatic rings. The summed E-state index contributed by atoms with van der Waals surface area (Å²) in [6.07, 6.45) is 4.47. The first-order valence-electron chi connectivity index (χ1n) is 7.91. The van der Waals surface area contributed by atoms with Crippen LogP contribution >= 0.6 is 11.3 Å². The predicted octanol–water partition coefficient (Wildman–Crippen LogP) is 1.61. The number of likely N-dealkylation sites (N-methyl/N-ethyl adjacent to an activating group) is 1. The van der Waals surface area contributed by atoms with Crippen LogP contribution in [0.2, 0.25) is 0 Å². The molecule has 2 N–H and O–H groups in total. The van der Waals surface area contributed by atoms with Crippen LogP contribution in [0.4, 0.5) is 0 Å². The van der Waals surface area contributed by atoms with Crippen LogP contribution in [0.3, 0.4) is 0 Å². The van der Waals surface area contributed by atoms with Crippen LogP contribution in [0.5, 0.6) is 0 Å². The third kappa shape index (κ3) is 3.17. The van der Waals surface area contributed by atoms with Crippen LogP contribution in [-0.4, -0.2) is 47.9 Å². The molecule has 0 radical (unpaired) electrons. The summed E-state index contributed by atoms with van der Waals surface area (Å²) in [4.78, 5) is 27.1. The Labute approximate surface area is 135 Å². The van der Waals surface area contributed by atoms with Crippen LogP contribution in [0.15, 0.2) is 17.5 Å². The SMILES string of the molecule is CC(NC(=O)c1cccs1)C(=O)N(C)C1CC2CCC(C1)N2. The highest BCUT2D eigenvalue weighted by Crippen LogP contribution is 2.29. The van der Waals surface area contributed by atoms with Crippen molar-refractivity contribution in [3.63, 3.8) is 0 Å². The number of nitrogens with one attached hydrogen (secondary N) is 2. The van der Waals surface area contributed by atoms with Gasteiger partial charge in [-0.25, -0.2) is 0 Å². The zero-order chi connectivity index (χ0) is 15.7. The highest BCUT2D eigenvalue weighted by atomic mass is 32.1. The maximum absolute atomic E-state index is 12.6. The molecule has 2 saturated heterocycles. The Kier molecular flexibility index (Phi) is 4.49. The second kappa shape index (κ2) is 6.38. The molecule has 0 saturated carbocycles. The third-order valence-electron chi connectivity index (χ3n) is 4.81. The molecule has 2 bridgehead atoms. The van der Waals surface area contributed by atoms with Gasteiger partial charge in [-0.3, -0.25) is 9.59 Å². The second-order valence-electron chi connectivity index (χ2n) is 6.38. The smallest absolute Gasteiger partial charge is 0.261 e. The summed E-state index contributed by atoms with van der Waals surface area (Å²) in [6.45, 7) is 1.76. The van der Waals surface area contributed by atoms with E-state index in [4.69, 9.17) is 0 Å². The molecule has 3 heterocycles. The Morgan fingerprint density at radius 2 is 2.05 bits per heavy atom. The molecule has 120 valence electrons. The number of thiophene rings is 1. The predicted molar refractivity (Wildman–Crippen MR) is 87.0 cm³/mol. The molecular formula is C16H23N3O2S. The summed E-state index contributed by atoms with van der Waals surface area (Å²) in [5, 5.41) is 8.25. The minimum absolute atomic E-state index is 0.00351. The summed E-state index contributed by atoms with van der Waals surface area (Å²) >= 11 is 1.38. The van der Waals surface area contributed by atoms with Crippen molar-refractivity contribution in [2.24, 2.45) is 0 Å². The van der Waals surface area contributed by atoms with E-state index in [-0.39, 0.29) is 17.9 Å². The van der Waals surface area contributed by atoms with Crippen molar-refractivity contribution in [3.8, 4) is 0 Å². The number of rotatable bonds is 4. The Balaban J connectivity index is 1.57. The van der Waals surface area contributed by atoms with Gasteiger partial charge in [0.25, 0.3) is 5.91 Å². The zero-order valence-corrected chi connectivity index (χ0v) is 13.9. The first kappa shape index (κ1) is 15.5. The number of carbonyl (C=O) groups excluding carboxylic acids is 2. The fourth-order valence-electron chi connectivity index (χ4n) is 3.57. The molecule has 1 aromatic heterocycles. The summed E-state index contributed by atoms with van der Waals surface area (Å²) in [6, 6.07) is 4.50. The summed E-state index contributed by atoms with van der Waals surface area (Å²) in [7, 11) is 1.87. The van der Waals surface area contributed by atoms with E-state index in [1.807, 2.05) is 23.4 Å². The molecule has 2 amide bonds. The quantitative estimate of drug-likeness (QED) is 0.886. The standard InChI is InChI=1S/C16H23N3O2S/c1-10(17-15(20)14-4-3-7-22-14)16(21)19(2)13-8-11-5-6-12(9-13)18-11/h3-4,7,10-13,18H,5-6,8-9H2,1-2H3,(H,17,20). The average molecular weight is 321 g/mol. The van der Waals surface area contributed by atoms with Gasteiger partial charge in [0, 0.05) is 25.2 Å². The van der Waals surface area contributed by atoms with Crippen molar-refractivity contribution in [1.29, 1.82) is 0 Å². The number of hydrogen-bond donors (Lipinski definition) is 2. The normalized spacial score (nSPS) is 28.2. The van der Waals surface area contributed by atoms with Crippen molar-refractivity contribution >= 4 is 23.2 Å². The van der Waals surface area contributed by atoms with Gasteiger partial charge in [0.1, 0.15) is 6.04 Å². The largest absolute Gasteiger partial charge is 0.341 e. The average Bonchev–Trinajstić information content (AvgIpc) is 3.15. The number of hydrogen-bond acceptors (Lipinski definition) is 4. The Morgan fingerprint density at radius 1 is 1.36 bits per heavy atom. The lowest BCUT2D eigenvalue weighted by atomic mass is 9.98. The highest BCUT2D eigenvalue weighted by Gasteiger charge is 2.37. The number of amides is 2. The van der Waals surface area contributed by atoms with Crippen molar-refractivity contribution in [2.45, 2.75) is 56.8 Å². The van der Waals surface area contributed by atoms with Crippen LogP contribution < -0.4 is 10.6 Å². The number of piperidine rings is 1. The molecule has 0 aromatic carbocycles. The van der Waals surface area contributed by atoms with E-state index < -0.39 is 6.04 Å². The van der Waals surface area contributed by atoms with Crippen LogP contribution in [0, 0.1) is 0 Å². The highest BCUT2D eigenvalue weighted by molar-refractivity contribution is 7.12. The Hall–Kier alpha value is -1.40. The lowest BCUT2D eigenvalue weighted by Gasteiger charge is -2.36. The lowest BCUT2D eigenvalue weighted by molar-refractivity contribution is -0.134. The molecule has 3 atom stereocenters. The van der Waals surface area contributed by atoms with Gasteiger partial charge in [-0.15, -0.1) is 11.3 Å². The van der Waals surface area contributed by atoms with E-state index in [9.17, 15) is 9.59 Å². The number of nitrogens with zero attached hydrogens (tertiary/aromatic N) is 1. The van der Waals surface area contributed by atoms with Crippen LogP contribution in [-0.2, 0) is 4.79 Å². The van der Waals surface area contributed by atoms with Gasteiger partial charge in [-0.2, -0.15) is 0 Å². The molecular weight excluding hydrogens is 298 g/mol. The summed E-state index contributed by atoms with van der Waals surface area (Å²) in [5.74, 6) is -0.175. The molecule has 0 spiro atoms. The Bertz CT molecular complexity index is 534. The van der Waals surface area contributed by atoms with Crippen LogP contribution in [0.1, 0.15) is 42.3 Å². The lowest BCUT2D eigenvalue weighted by Crippen LogP contribution is -2.53. The van der Waals surface area contributed by atoms with Crippen molar-refractivity contribution in [2.75, 3.05) is 7.05 Å². The topological polar surface area (TPSA) is 61.4 Å². The molecule has 2 fully saturated rings. The van der Waals surface area contributed by atoms with E-state index in [2.05, 4.69) is 10.6 Å². The van der Waals surface area contributed by atoms with E-state index in [1.165, 1.54) is 24.2 Å². The molecule has 2 aliphatic rings. The van der Waals surface area contributed by atoms with Gasteiger partial charge in [-0.05, 0) is 44.1 Å². The van der Waals surface area contributed by atoms with Gasteiger partial charge in [-0.1, -0.05) is 6.07 Å². The Morgan fingerprint density at radius 3 is 2.64 bits per heavy atom.